The van der Waals surface area contributed by atoms with Crippen LogP contribution in [0.1, 0.15) is 30.0 Å². The zero-order chi connectivity index (χ0) is 16.8. The first-order chi connectivity index (χ1) is 12.3. The molecule has 1 fully saturated rings. The lowest BCUT2D eigenvalue weighted by Crippen LogP contribution is -2.38. The number of phenolic OH excluding ortho intramolecular Hbond substituents is 1. The summed E-state index contributed by atoms with van der Waals surface area (Å²) >= 11 is 0. The Labute approximate surface area is 147 Å². The maximum atomic E-state index is 9.99. The van der Waals surface area contributed by atoms with Crippen LogP contribution in [0.2, 0.25) is 0 Å². The first kappa shape index (κ1) is 14.6. The Hall–Kier alpha value is -2.75. The number of aromatic hydroxyl groups is 1. The number of rotatable bonds is 3. The summed E-state index contributed by atoms with van der Waals surface area (Å²) in [5.41, 5.74) is 5.94. The lowest BCUT2D eigenvalue weighted by Gasteiger charge is -2.39. The molecule has 3 aliphatic rings. The van der Waals surface area contributed by atoms with E-state index in [4.69, 9.17) is 5.10 Å². The lowest BCUT2D eigenvalue weighted by molar-refractivity contribution is 0.463. The molecule has 1 N–H and O–H groups in total. The fraction of sp³-hybridized carbons (Fsp3) is 0.286. The van der Waals surface area contributed by atoms with E-state index >= 15 is 0 Å². The fourth-order valence-corrected chi connectivity index (χ4v) is 4.24. The van der Waals surface area contributed by atoms with Gasteiger partial charge in [-0.15, -0.1) is 0 Å². The van der Waals surface area contributed by atoms with Crippen LogP contribution in [0.15, 0.2) is 54.6 Å². The van der Waals surface area contributed by atoms with Crippen molar-refractivity contribution in [2.45, 2.75) is 25.3 Å². The standard InChI is InChI=1S/C21H21N3O/c25-18-8-4-7-17(13-18)20-21-19(16-9-11-23(21)12-10-16)22-24(20)14-15-5-2-1-3-6-15/h1-8,13,16,25H,9-12,14H2. The molecule has 1 aromatic heterocycles. The van der Waals surface area contributed by atoms with Crippen LogP contribution < -0.4 is 4.90 Å². The van der Waals surface area contributed by atoms with Crippen molar-refractivity contribution in [1.82, 2.24) is 9.78 Å². The summed E-state index contributed by atoms with van der Waals surface area (Å²) in [7, 11) is 0. The summed E-state index contributed by atoms with van der Waals surface area (Å²) in [5.74, 6) is 0.878. The first-order valence-electron chi connectivity index (χ1n) is 8.98. The zero-order valence-corrected chi connectivity index (χ0v) is 14.1. The second-order valence-electron chi connectivity index (χ2n) is 7.04. The van der Waals surface area contributed by atoms with Crippen molar-refractivity contribution >= 4 is 5.69 Å². The maximum Gasteiger partial charge on any atom is 0.116 e. The Balaban J connectivity index is 1.69. The van der Waals surface area contributed by atoms with E-state index < -0.39 is 0 Å². The first-order valence-corrected chi connectivity index (χ1v) is 8.98. The van der Waals surface area contributed by atoms with Gasteiger partial charge in [-0.25, -0.2) is 0 Å². The largest absolute Gasteiger partial charge is 0.508 e. The fourth-order valence-electron chi connectivity index (χ4n) is 4.24. The van der Waals surface area contributed by atoms with Gasteiger partial charge in [0, 0.05) is 24.6 Å². The van der Waals surface area contributed by atoms with Crippen LogP contribution in [-0.2, 0) is 6.54 Å². The van der Waals surface area contributed by atoms with Crippen molar-refractivity contribution in [3.63, 3.8) is 0 Å². The summed E-state index contributed by atoms with van der Waals surface area (Å²) in [6.07, 6.45) is 2.41. The summed E-state index contributed by atoms with van der Waals surface area (Å²) in [4.78, 5) is 2.48. The van der Waals surface area contributed by atoms with Crippen molar-refractivity contribution in [2.75, 3.05) is 18.0 Å². The molecule has 3 aromatic rings. The van der Waals surface area contributed by atoms with E-state index in [0.29, 0.717) is 11.7 Å². The number of aromatic nitrogens is 2. The number of anilines is 1. The van der Waals surface area contributed by atoms with Gasteiger partial charge in [-0.1, -0.05) is 42.5 Å². The molecule has 0 radical (unpaired) electrons. The molecule has 6 rings (SSSR count). The molecule has 25 heavy (non-hydrogen) atoms. The van der Waals surface area contributed by atoms with Crippen molar-refractivity contribution in [2.24, 2.45) is 0 Å². The predicted molar refractivity (Wildman–Crippen MR) is 99.1 cm³/mol. The van der Waals surface area contributed by atoms with E-state index in [1.807, 2.05) is 18.2 Å². The topological polar surface area (TPSA) is 41.3 Å². The Morgan fingerprint density at radius 3 is 2.56 bits per heavy atom. The smallest absolute Gasteiger partial charge is 0.116 e. The minimum atomic E-state index is 0.301. The number of piperidine rings is 1. The third-order valence-corrected chi connectivity index (χ3v) is 5.45. The molecule has 2 aromatic carbocycles. The highest BCUT2D eigenvalue weighted by Crippen LogP contribution is 2.47. The van der Waals surface area contributed by atoms with Crippen molar-refractivity contribution < 1.29 is 5.11 Å². The van der Waals surface area contributed by atoms with Gasteiger partial charge in [0.05, 0.1) is 23.6 Å². The molecule has 0 atom stereocenters. The average molecular weight is 331 g/mol. The van der Waals surface area contributed by atoms with Gasteiger partial charge in [0.2, 0.25) is 0 Å². The molecule has 4 nitrogen and oxygen atoms in total. The lowest BCUT2D eigenvalue weighted by atomic mass is 9.86. The minimum absolute atomic E-state index is 0.301. The Morgan fingerprint density at radius 2 is 1.80 bits per heavy atom. The number of nitrogens with zero attached hydrogens (tertiary/aromatic N) is 3. The van der Waals surface area contributed by atoms with Gasteiger partial charge >= 0.3 is 0 Å². The third-order valence-electron chi connectivity index (χ3n) is 5.45. The maximum absolute atomic E-state index is 9.99. The average Bonchev–Trinajstić information content (AvgIpc) is 3.04. The van der Waals surface area contributed by atoms with E-state index in [9.17, 15) is 5.11 Å². The van der Waals surface area contributed by atoms with Crippen molar-refractivity contribution in [3.8, 4) is 17.0 Å². The van der Waals surface area contributed by atoms with E-state index in [1.54, 1.807) is 6.07 Å². The number of hydrogen-bond acceptors (Lipinski definition) is 3. The van der Waals surface area contributed by atoms with Gasteiger partial charge in [-0.3, -0.25) is 4.68 Å². The van der Waals surface area contributed by atoms with Crippen LogP contribution in [0, 0.1) is 0 Å². The molecule has 0 spiro atoms. The molecule has 0 unspecified atom stereocenters. The van der Waals surface area contributed by atoms with Gasteiger partial charge in [0.25, 0.3) is 0 Å². The molecule has 0 aliphatic carbocycles. The molecule has 0 amide bonds. The van der Waals surface area contributed by atoms with Crippen LogP contribution in [0.3, 0.4) is 0 Å². The van der Waals surface area contributed by atoms with Crippen molar-refractivity contribution in [1.29, 1.82) is 0 Å². The number of benzene rings is 2. The summed E-state index contributed by atoms with van der Waals surface area (Å²) in [6, 6.07) is 18.0. The van der Waals surface area contributed by atoms with Gasteiger partial charge in [0.15, 0.2) is 0 Å². The van der Waals surface area contributed by atoms with Crippen LogP contribution in [0.5, 0.6) is 5.75 Å². The number of phenols is 1. The Kier molecular flexibility index (Phi) is 3.30. The van der Waals surface area contributed by atoms with E-state index in [-0.39, 0.29) is 0 Å². The molecule has 4 heterocycles. The molecular weight excluding hydrogens is 310 g/mol. The highest BCUT2D eigenvalue weighted by Gasteiger charge is 2.37. The van der Waals surface area contributed by atoms with Crippen molar-refractivity contribution in [3.05, 3.63) is 65.9 Å². The zero-order valence-electron chi connectivity index (χ0n) is 14.1. The molecule has 126 valence electrons. The van der Waals surface area contributed by atoms with Crippen LogP contribution in [0.4, 0.5) is 5.69 Å². The summed E-state index contributed by atoms with van der Waals surface area (Å²) in [6.45, 7) is 2.97. The molecule has 3 aliphatic heterocycles. The third kappa shape index (κ3) is 2.40. The molecule has 2 bridgehead atoms. The molecular formula is C21H21N3O. The van der Waals surface area contributed by atoms with Gasteiger partial charge in [0.1, 0.15) is 5.75 Å². The van der Waals surface area contributed by atoms with Gasteiger partial charge < -0.3 is 10.0 Å². The number of fused-ring (bicyclic) bond motifs is 2. The van der Waals surface area contributed by atoms with Crippen LogP contribution in [0.25, 0.3) is 11.3 Å². The normalized spacial score (nSPS) is 16.2. The van der Waals surface area contributed by atoms with Crippen LogP contribution >= 0.6 is 0 Å². The second-order valence-corrected chi connectivity index (χ2v) is 7.04. The minimum Gasteiger partial charge on any atom is -0.508 e. The summed E-state index contributed by atoms with van der Waals surface area (Å²) < 4.78 is 2.13. The second kappa shape index (κ2) is 5.66. The Morgan fingerprint density at radius 1 is 1.00 bits per heavy atom. The molecule has 1 saturated heterocycles. The summed E-state index contributed by atoms with van der Waals surface area (Å²) in [5, 5.41) is 15.0. The van der Waals surface area contributed by atoms with E-state index in [1.165, 1.54) is 29.8 Å². The van der Waals surface area contributed by atoms with Gasteiger partial charge in [-0.05, 0) is 30.5 Å². The molecule has 4 heteroatoms. The molecule has 0 saturated carbocycles. The van der Waals surface area contributed by atoms with E-state index in [0.717, 1.165) is 30.9 Å². The van der Waals surface area contributed by atoms with Gasteiger partial charge in [-0.2, -0.15) is 5.10 Å². The SMILES string of the molecule is Oc1cccc(-c2c3c(nn2Cc2ccccc2)C2CCN3CC2)c1. The Bertz CT molecular complexity index is 908. The highest BCUT2D eigenvalue weighted by molar-refractivity contribution is 5.80. The highest BCUT2D eigenvalue weighted by atomic mass is 16.3. The monoisotopic (exact) mass is 331 g/mol. The van der Waals surface area contributed by atoms with E-state index in [2.05, 4.69) is 39.9 Å². The number of hydrogen-bond donors (Lipinski definition) is 1. The van der Waals surface area contributed by atoms with Crippen LogP contribution in [-0.4, -0.2) is 28.0 Å². The predicted octanol–water partition coefficient (Wildman–Crippen LogP) is 4.00. The quantitative estimate of drug-likeness (QED) is 0.789.